The fourth-order valence-corrected chi connectivity index (χ4v) is 4.64. The molecule has 4 heteroatoms. The zero-order valence-electron chi connectivity index (χ0n) is 18.8. The van der Waals surface area contributed by atoms with E-state index in [2.05, 4.69) is 46.9 Å². The Kier molecular flexibility index (Phi) is 8.18. The van der Waals surface area contributed by atoms with Gasteiger partial charge in [0.25, 0.3) is 0 Å². The van der Waals surface area contributed by atoms with E-state index in [0.29, 0.717) is 18.3 Å². The second kappa shape index (κ2) is 9.96. The van der Waals surface area contributed by atoms with E-state index in [-0.39, 0.29) is 22.8 Å². The molecular formula is C24H41NO3. The molecule has 4 nitrogen and oxygen atoms in total. The molecule has 2 heterocycles. The van der Waals surface area contributed by atoms with Gasteiger partial charge in [-0.1, -0.05) is 34.1 Å². The molecule has 28 heavy (non-hydrogen) atoms. The van der Waals surface area contributed by atoms with Crippen molar-refractivity contribution in [1.29, 1.82) is 0 Å². The predicted octanol–water partition coefficient (Wildman–Crippen LogP) is 5.93. The maximum atomic E-state index is 12.6. The number of carbonyl (C=O) groups excluding carboxylic acids is 1. The molecule has 1 aromatic heterocycles. The number of nitrogens with one attached hydrogen (secondary N) is 1. The zero-order valence-corrected chi connectivity index (χ0v) is 18.8. The molecule has 0 aliphatic carbocycles. The Morgan fingerprint density at radius 3 is 2.54 bits per heavy atom. The van der Waals surface area contributed by atoms with Crippen LogP contribution >= 0.6 is 0 Å². The lowest BCUT2D eigenvalue weighted by Crippen LogP contribution is -2.43. The van der Waals surface area contributed by atoms with E-state index in [0.717, 1.165) is 38.2 Å². The summed E-state index contributed by atoms with van der Waals surface area (Å²) >= 11 is 0. The summed E-state index contributed by atoms with van der Waals surface area (Å²) in [7, 11) is 0. The number of amides is 1. The van der Waals surface area contributed by atoms with Crippen LogP contribution in [0.3, 0.4) is 0 Å². The molecule has 1 N–H and O–H groups in total. The quantitative estimate of drug-likeness (QED) is 0.538. The van der Waals surface area contributed by atoms with Crippen LogP contribution in [0.4, 0.5) is 0 Å². The van der Waals surface area contributed by atoms with Crippen LogP contribution in [0.15, 0.2) is 22.8 Å². The summed E-state index contributed by atoms with van der Waals surface area (Å²) < 4.78 is 11.5. The molecule has 160 valence electrons. The van der Waals surface area contributed by atoms with Gasteiger partial charge < -0.3 is 14.5 Å². The summed E-state index contributed by atoms with van der Waals surface area (Å²) in [5.74, 6) is 2.24. The van der Waals surface area contributed by atoms with Crippen molar-refractivity contribution in [2.45, 2.75) is 91.6 Å². The molecule has 0 radical (unpaired) electrons. The van der Waals surface area contributed by atoms with Crippen molar-refractivity contribution in [2.24, 2.45) is 17.3 Å². The van der Waals surface area contributed by atoms with Crippen molar-refractivity contribution in [2.75, 3.05) is 13.2 Å². The van der Waals surface area contributed by atoms with E-state index < -0.39 is 0 Å². The number of furan rings is 1. The SMILES string of the molecule is CC(C)CC[C@@]1(CCNC(=O)C[C@@H](c2ccco2)C(C)C)CCOC(C)(C)C1. The van der Waals surface area contributed by atoms with Crippen LogP contribution in [0.2, 0.25) is 0 Å². The van der Waals surface area contributed by atoms with E-state index in [9.17, 15) is 4.79 Å². The minimum Gasteiger partial charge on any atom is -0.469 e. The van der Waals surface area contributed by atoms with Crippen LogP contribution in [-0.2, 0) is 9.53 Å². The molecule has 1 saturated heterocycles. The Morgan fingerprint density at radius 1 is 1.21 bits per heavy atom. The Balaban J connectivity index is 1.91. The van der Waals surface area contributed by atoms with Gasteiger partial charge in [0.05, 0.1) is 11.9 Å². The van der Waals surface area contributed by atoms with Crippen LogP contribution in [0, 0.1) is 17.3 Å². The average Bonchev–Trinajstić information content (AvgIpc) is 3.11. The number of ether oxygens (including phenoxy) is 1. The van der Waals surface area contributed by atoms with Crippen molar-refractivity contribution in [3.05, 3.63) is 24.2 Å². The molecule has 1 aliphatic heterocycles. The fourth-order valence-electron chi connectivity index (χ4n) is 4.64. The molecule has 0 unspecified atom stereocenters. The molecule has 1 aromatic rings. The second-order valence-corrected chi connectivity index (χ2v) is 10.1. The monoisotopic (exact) mass is 391 g/mol. The summed E-state index contributed by atoms with van der Waals surface area (Å²) in [4.78, 5) is 12.6. The Labute approximate surface area is 171 Å². The lowest BCUT2D eigenvalue weighted by molar-refractivity contribution is -0.123. The van der Waals surface area contributed by atoms with Gasteiger partial charge in [0.15, 0.2) is 0 Å². The lowest BCUT2D eigenvalue weighted by atomic mass is 9.68. The van der Waals surface area contributed by atoms with Gasteiger partial charge in [0.2, 0.25) is 5.91 Å². The second-order valence-electron chi connectivity index (χ2n) is 10.1. The highest BCUT2D eigenvalue weighted by Gasteiger charge is 2.40. The molecule has 2 atom stereocenters. The molecule has 2 rings (SSSR count). The molecule has 1 aliphatic rings. The Hall–Kier alpha value is -1.29. The highest BCUT2D eigenvalue weighted by atomic mass is 16.5. The summed E-state index contributed by atoms with van der Waals surface area (Å²) in [6.07, 6.45) is 7.83. The smallest absolute Gasteiger partial charge is 0.220 e. The molecule has 1 fully saturated rings. The third kappa shape index (κ3) is 6.95. The molecule has 1 amide bonds. The van der Waals surface area contributed by atoms with Crippen molar-refractivity contribution in [3.8, 4) is 0 Å². The van der Waals surface area contributed by atoms with Gasteiger partial charge in [-0.3, -0.25) is 4.79 Å². The van der Waals surface area contributed by atoms with Crippen LogP contribution in [0.25, 0.3) is 0 Å². The van der Waals surface area contributed by atoms with Crippen LogP contribution in [-0.4, -0.2) is 24.7 Å². The zero-order chi connectivity index (χ0) is 20.8. The largest absolute Gasteiger partial charge is 0.469 e. The van der Waals surface area contributed by atoms with E-state index >= 15 is 0 Å². The normalized spacial score (nSPS) is 23.1. The average molecular weight is 392 g/mol. The van der Waals surface area contributed by atoms with Gasteiger partial charge in [-0.2, -0.15) is 0 Å². The highest BCUT2D eigenvalue weighted by molar-refractivity contribution is 5.76. The van der Waals surface area contributed by atoms with Gasteiger partial charge in [0.1, 0.15) is 5.76 Å². The van der Waals surface area contributed by atoms with Crippen molar-refractivity contribution < 1.29 is 13.9 Å². The first-order chi connectivity index (χ1) is 13.1. The van der Waals surface area contributed by atoms with Gasteiger partial charge in [-0.05, 0) is 68.9 Å². The van der Waals surface area contributed by atoms with Crippen LogP contribution in [0.5, 0.6) is 0 Å². The first-order valence-electron chi connectivity index (χ1n) is 11.1. The number of hydrogen-bond donors (Lipinski definition) is 1. The van der Waals surface area contributed by atoms with Gasteiger partial charge in [-0.15, -0.1) is 0 Å². The van der Waals surface area contributed by atoms with Crippen LogP contribution < -0.4 is 5.32 Å². The van der Waals surface area contributed by atoms with E-state index in [1.807, 2.05) is 12.1 Å². The van der Waals surface area contributed by atoms with E-state index in [4.69, 9.17) is 9.15 Å². The van der Waals surface area contributed by atoms with Gasteiger partial charge in [-0.25, -0.2) is 0 Å². The van der Waals surface area contributed by atoms with E-state index in [1.165, 1.54) is 12.8 Å². The molecule has 0 bridgehead atoms. The Morgan fingerprint density at radius 2 is 1.96 bits per heavy atom. The van der Waals surface area contributed by atoms with Gasteiger partial charge >= 0.3 is 0 Å². The summed E-state index contributed by atoms with van der Waals surface area (Å²) in [5, 5.41) is 3.20. The fraction of sp³-hybridized carbons (Fsp3) is 0.792. The molecule has 0 spiro atoms. The molecule has 0 aromatic carbocycles. The van der Waals surface area contributed by atoms with Gasteiger partial charge in [0, 0.05) is 25.5 Å². The summed E-state index contributed by atoms with van der Waals surface area (Å²) in [6.45, 7) is 14.8. The van der Waals surface area contributed by atoms with Crippen molar-refractivity contribution in [1.82, 2.24) is 5.32 Å². The standard InChI is InChI=1S/C24H41NO3/c1-18(2)9-10-24(12-15-28-23(5,6)17-24)11-13-25-22(26)16-20(19(3)4)21-8-7-14-27-21/h7-8,14,18-20H,9-13,15-17H2,1-6H3,(H,25,26)/t20-,24-/m1/s1. The van der Waals surface area contributed by atoms with Crippen molar-refractivity contribution >= 4 is 5.91 Å². The molecule has 0 saturated carbocycles. The third-order valence-corrected chi connectivity index (χ3v) is 6.27. The third-order valence-electron chi connectivity index (χ3n) is 6.27. The maximum absolute atomic E-state index is 12.6. The minimum atomic E-state index is -0.0682. The lowest BCUT2D eigenvalue weighted by Gasteiger charge is -2.45. The first-order valence-corrected chi connectivity index (χ1v) is 11.1. The Bertz CT molecular complexity index is 591. The number of rotatable bonds is 10. The summed E-state index contributed by atoms with van der Waals surface area (Å²) in [5.41, 5.74) is 0.207. The predicted molar refractivity (Wildman–Crippen MR) is 114 cm³/mol. The number of hydrogen-bond acceptors (Lipinski definition) is 3. The van der Waals surface area contributed by atoms with E-state index in [1.54, 1.807) is 6.26 Å². The minimum absolute atomic E-state index is 0.0682. The molecular weight excluding hydrogens is 350 g/mol. The number of carbonyl (C=O) groups is 1. The summed E-state index contributed by atoms with van der Waals surface area (Å²) in [6, 6.07) is 3.87. The highest BCUT2D eigenvalue weighted by Crippen LogP contribution is 2.45. The van der Waals surface area contributed by atoms with Crippen LogP contribution in [0.1, 0.15) is 91.7 Å². The van der Waals surface area contributed by atoms with Crippen molar-refractivity contribution in [3.63, 3.8) is 0 Å². The maximum Gasteiger partial charge on any atom is 0.220 e. The topological polar surface area (TPSA) is 51.5 Å². The first kappa shape index (κ1) is 23.0.